The standard InChI is InChI=1S/C27H12F3N3/c28-25-22(4-1-19-7-13-31-14-8-19)26(29)24(6-3-21-11-17-33-18-12-21)27(30)23(25)5-2-20-9-15-32-16-10-20/h7-18H. The highest BCUT2D eigenvalue weighted by Crippen LogP contribution is 2.24. The largest absolute Gasteiger partial charge is 0.265 e. The summed E-state index contributed by atoms with van der Waals surface area (Å²) in [5.41, 5.74) is -0.394. The van der Waals surface area contributed by atoms with Crippen molar-refractivity contribution in [1.82, 2.24) is 15.0 Å². The first-order chi connectivity index (χ1) is 16.1. The third kappa shape index (κ3) is 5.07. The molecule has 1 aromatic carbocycles. The molecular weight excluding hydrogens is 423 g/mol. The van der Waals surface area contributed by atoms with Gasteiger partial charge in [0.2, 0.25) is 0 Å². The molecule has 33 heavy (non-hydrogen) atoms. The smallest absolute Gasteiger partial charge is 0.160 e. The molecule has 0 bridgehead atoms. The lowest BCUT2D eigenvalue weighted by molar-refractivity contribution is 0.531. The van der Waals surface area contributed by atoms with Gasteiger partial charge in [-0.15, -0.1) is 0 Å². The van der Waals surface area contributed by atoms with Crippen LogP contribution in [0.1, 0.15) is 33.4 Å². The van der Waals surface area contributed by atoms with E-state index < -0.39 is 34.1 Å². The summed E-state index contributed by atoms with van der Waals surface area (Å²) in [7, 11) is 0. The zero-order chi connectivity index (χ0) is 23.0. The molecule has 6 heteroatoms. The molecule has 0 unspecified atom stereocenters. The van der Waals surface area contributed by atoms with Crippen molar-refractivity contribution < 1.29 is 13.2 Å². The fraction of sp³-hybridized carbons (Fsp3) is 0. The fourth-order valence-corrected chi connectivity index (χ4v) is 2.70. The number of benzene rings is 1. The number of rotatable bonds is 0. The van der Waals surface area contributed by atoms with Crippen LogP contribution in [-0.2, 0) is 0 Å². The van der Waals surface area contributed by atoms with E-state index in [1.807, 2.05) is 0 Å². The van der Waals surface area contributed by atoms with Crippen LogP contribution < -0.4 is 0 Å². The maximum absolute atomic E-state index is 15.2. The second-order valence-electron chi connectivity index (χ2n) is 6.52. The maximum Gasteiger partial charge on any atom is 0.160 e. The Morgan fingerprint density at radius 1 is 0.394 bits per heavy atom. The van der Waals surface area contributed by atoms with Gasteiger partial charge in [0, 0.05) is 53.9 Å². The third-order valence-corrected chi connectivity index (χ3v) is 4.35. The van der Waals surface area contributed by atoms with Crippen LogP contribution in [0.3, 0.4) is 0 Å². The molecule has 4 aromatic rings. The Balaban J connectivity index is 1.90. The van der Waals surface area contributed by atoms with Crippen molar-refractivity contribution in [3.8, 4) is 35.5 Å². The molecular formula is C27H12F3N3. The lowest BCUT2D eigenvalue weighted by atomic mass is 10.0. The zero-order valence-electron chi connectivity index (χ0n) is 16.9. The molecule has 3 aromatic heterocycles. The monoisotopic (exact) mass is 435 g/mol. The predicted octanol–water partition coefficient (Wildman–Crippen LogP) is 4.49. The molecule has 0 saturated carbocycles. The van der Waals surface area contributed by atoms with Gasteiger partial charge in [0.1, 0.15) is 0 Å². The summed E-state index contributed by atoms with van der Waals surface area (Å²) in [6.45, 7) is 0. The van der Waals surface area contributed by atoms with Crippen molar-refractivity contribution in [2.75, 3.05) is 0 Å². The number of halogens is 3. The molecule has 3 nitrogen and oxygen atoms in total. The van der Waals surface area contributed by atoms with Crippen LogP contribution in [0.15, 0.2) is 73.6 Å². The van der Waals surface area contributed by atoms with Gasteiger partial charge in [-0.2, -0.15) is 0 Å². The minimum Gasteiger partial charge on any atom is -0.265 e. The summed E-state index contributed by atoms with van der Waals surface area (Å²) in [5.74, 6) is 11.8. The van der Waals surface area contributed by atoms with Crippen molar-refractivity contribution in [3.63, 3.8) is 0 Å². The highest BCUT2D eigenvalue weighted by Gasteiger charge is 2.22. The van der Waals surface area contributed by atoms with Crippen LogP contribution >= 0.6 is 0 Å². The van der Waals surface area contributed by atoms with E-state index >= 15 is 13.2 Å². The summed E-state index contributed by atoms with van der Waals surface area (Å²) in [6, 6.07) is 9.50. The van der Waals surface area contributed by atoms with Gasteiger partial charge in [-0.1, -0.05) is 35.5 Å². The third-order valence-electron chi connectivity index (χ3n) is 4.35. The van der Waals surface area contributed by atoms with E-state index in [1.54, 1.807) is 36.4 Å². The van der Waals surface area contributed by atoms with E-state index in [9.17, 15) is 0 Å². The Morgan fingerprint density at radius 2 is 0.636 bits per heavy atom. The molecule has 0 fully saturated rings. The predicted molar refractivity (Wildman–Crippen MR) is 117 cm³/mol. The van der Waals surface area contributed by atoms with Crippen LogP contribution in [0.25, 0.3) is 0 Å². The van der Waals surface area contributed by atoms with Crippen molar-refractivity contribution in [1.29, 1.82) is 0 Å². The highest BCUT2D eigenvalue weighted by atomic mass is 19.1. The Labute approximate surface area is 188 Å². The summed E-state index contributed by atoms with van der Waals surface area (Å²) >= 11 is 0. The summed E-state index contributed by atoms with van der Waals surface area (Å²) in [5, 5.41) is 0. The molecule has 4 rings (SSSR count). The molecule has 0 amide bonds. The topological polar surface area (TPSA) is 38.7 Å². The molecule has 0 saturated heterocycles. The van der Waals surface area contributed by atoms with E-state index in [4.69, 9.17) is 0 Å². The Kier molecular flexibility index (Phi) is 6.45. The molecule has 0 N–H and O–H groups in total. The number of nitrogens with zero attached hydrogens (tertiary/aromatic N) is 3. The summed E-state index contributed by atoms with van der Waals surface area (Å²) < 4.78 is 45.5. The average Bonchev–Trinajstić information content (AvgIpc) is 2.86. The lowest BCUT2D eigenvalue weighted by Crippen LogP contribution is -2.04. The number of hydrogen-bond donors (Lipinski definition) is 0. The van der Waals surface area contributed by atoms with Gasteiger partial charge in [-0.05, 0) is 36.4 Å². The maximum atomic E-state index is 15.2. The molecule has 0 radical (unpaired) electrons. The zero-order valence-corrected chi connectivity index (χ0v) is 16.9. The normalized spacial score (nSPS) is 9.55. The van der Waals surface area contributed by atoms with Crippen LogP contribution in [-0.4, -0.2) is 15.0 Å². The Morgan fingerprint density at radius 3 is 0.879 bits per heavy atom. The second kappa shape index (κ2) is 9.96. The molecule has 0 aliphatic carbocycles. The van der Waals surface area contributed by atoms with Gasteiger partial charge in [0.25, 0.3) is 0 Å². The first kappa shape index (κ1) is 21.4. The van der Waals surface area contributed by atoms with Crippen LogP contribution in [0.5, 0.6) is 0 Å². The van der Waals surface area contributed by atoms with Crippen molar-refractivity contribution in [2.24, 2.45) is 0 Å². The minimum absolute atomic E-state index is 0.488. The number of aromatic nitrogens is 3. The van der Waals surface area contributed by atoms with E-state index in [1.165, 1.54) is 37.2 Å². The number of hydrogen-bond acceptors (Lipinski definition) is 3. The van der Waals surface area contributed by atoms with Gasteiger partial charge >= 0.3 is 0 Å². The lowest BCUT2D eigenvalue weighted by Gasteiger charge is -2.06. The van der Waals surface area contributed by atoms with E-state index in [-0.39, 0.29) is 0 Å². The quantitative estimate of drug-likeness (QED) is 0.382. The SMILES string of the molecule is Fc1c(C#Cc2ccncc2)c(F)c(C#Cc2ccncc2)c(F)c1C#Cc1ccncc1. The summed E-state index contributed by atoms with van der Waals surface area (Å²) in [4.78, 5) is 11.6. The minimum atomic E-state index is -1.19. The Bertz CT molecular complexity index is 1280. The second-order valence-corrected chi connectivity index (χ2v) is 6.52. The molecule has 0 aliphatic rings. The molecule has 156 valence electrons. The first-order valence-corrected chi connectivity index (χ1v) is 9.60. The van der Waals surface area contributed by atoms with E-state index in [0.29, 0.717) is 16.7 Å². The van der Waals surface area contributed by atoms with Crippen LogP contribution in [0, 0.1) is 53.0 Å². The first-order valence-electron chi connectivity index (χ1n) is 9.60. The van der Waals surface area contributed by atoms with Gasteiger partial charge in [-0.3, -0.25) is 15.0 Å². The molecule has 3 heterocycles. The fourth-order valence-electron chi connectivity index (χ4n) is 2.70. The van der Waals surface area contributed by atoms with Gasteiger partial charge in [0.05, 0.1) is 16.7 Å². The molecule has 0 atom stereocenters. The van der Waals surface area contributed by atoms with Crippen LogP contribution in [0.4, 0.5) is 13.2 Å². The van der Waals surface area contributed by atoms with E-state index in [2.05, 4.69) is 50.5 Å². The number of pyridine rings is 3. The highest BCUT2D eigenvalue weighted by molar-refractivity contribution is 5.57. The molecule has 0 aliphatic heterocycles. The van der Waals surface area contributed by atoms with Crippen molar-refractivity contribution >= 4 is 0 Å². The van der Waals surface area contributed by atoms with Crippen molar-refractivity contribution in [2.45, 2.75) is 0 Å². The van der Waals surface area contributed by atoms with Gasteiger partial charge in [0.15, 0.2) is 17.5 Å². The van der Waals surface area contributed by atoms with Gasteiger partial charge < -0.3 is 0 Å². The summed E-state index contributed by atoms with van der Waals surface area (Å²) in [6.07, 6.45) is 8.99. The van der Waals surface area contributed by atoms with Crippen molar-refractivity contribution in [3.05, 3.63) is 124 Å². The van der Waals surface area contributed by atoms with E-state index in [0.717, 1.165) is 0 Å². The molecule has 0 spiro atoms. The van der Waals surface area contributed by atoms with Gasteiger partial charge in [-0.25, -0.2) is 13.2 Å². The Hall–Kier alpha value is -4.86. The average molecular weight is 435 g/mol. The van der Waals surface area contributed by atoms with Crippen LogP contribution in [0.2, 0.25) is 0 Å².